The molecule has 4 heteroatoms. The summed E-state index contributed by atoms with van der Waals surface area (Å²) in [6, 6.07) is 6.24. The van der Waals surface area contributed by atoms with Gasteiger partial charge in [-0.1, -0.05) is 22.9 Å². The van der Waals surface area contributed by atoms with Gasteiger partial charge in [0.05, 0.1) is 0 Å². The first-order valence-corrected chi connectivity index (χ1v) is 6.13. The maximum Gasteiger partial charge on any atom is 0.188 e. The Morgan fingerprint density at radius 3 is 2.81 bits per heavy atom. The average Bonchev–Trinajstić information content (AvgIpc) is 2.27. The summed E-state index contributed by atoms with van der Waals surface area (Å²) < 4.78 is 11.5. The molecule has 1 unspecified atom stereocenters. The van der Waals surface area contributed by atoms with Crippen LogP contribution in [0.2, 0.25) is 0 Å². The lowest BCUT2D eigenvalue weighted by atomic mass is 10.1. The maximum absolute atomic E-state index is 5.53. The standard InChI is InChI=1S/C12H18BrNO2/c1-4-14-9(2)11-7-10(13)5-6-12(11)16-8-15-3/h5-7,9,14H,4,8H2,1-3H3. The van der Waals surface area contributed by atoms with E-state index in [1.165, 1.54) is 0 Å². The van der Waals surface area contributed by atoms with E-state index in [1.54, 1.807) is 7.11 Å². The molecule has 0 spiro atoms. The quantitative estimate of drug-likeness (QED) is 0.816. The third-order valence-electron chi connectivity index (χ3n) is 2.28. The van der Waals surface area contributed by atoms with Gasteiger partial charge in [0, 0.05) is 23.2 Å². The first kappa shape index (κ1) is 13.5. The van der Waals surface area contributed by atoms with Gasteiger partial charge in [-0.2, -0.15) is 0 Å². The smallest absolute Gasteiger partial charge is 0.188 e. The van der Waals surface area contributed by atoms with Gasteiger partial charge in [0.1, 0.15) is 5.75 Å². The van der Waals surface area contributed by atoms with E-state index in [0.717, 1.165) is 22.3 Å². The molecule has 0 saturated heterocycles. The third-order valence-corrected chi connectivity index (χ3v) is 2.77. The summed E-state index contributed by atoms with van der Waals surface area (Å²) in [5.74, 6) is 0.860. The van der Waals surface area contributed by atoms with E-state index in [9.17, 15) is 0 Å². The van der Waals surface area contributed by atoms with Crippen molar-refractivity contribution in [3.05, 3.63) is 28.2 Å². The van der Waals surface area contributed by atoms with Gasteiger partial charge in [0.2, 0.25) is 0 Å². The van der Waals surface area contributed by atoms with Crippen LogP contribution in [0.25, 0.3) is 0 Å². The zero-order valence-electron chi connectivity index (χ0n) is 9.92. The van der Waals surface area contributed by atoms with Gasteiger partial charge in [-0.15, -0.1) is 0 Å². The molecular formula is C12H18BrNO2. The molecule has 1 aromatic rings. The number of methoxy groups -OCH3 is 1. The second-order valence-corrected chi connectivity index (χ2v) is 4.43. The Labute approximate surface area is 105 Å². The van der Waals surface area contributed by atoms with E-state index >= 15 is 0 Å². The second-order valence-electron chi connectivity index (χ2n) is 3.51. The van der Waals surface area contributed by atoms with Crippen molar-refractivity contribution >= 4 is 15.9 Å². The van der Waals surface area contributed by atoms with Crippen molar-refractivity contribution in [2.75, 3.05) is 20.4 Å². The van der Waals surface area contributed by atoms with Crippen LogP contribution in [0.3, 0.4) is 0 Å². The van der Waals surface area contributed by atoms with Gasteiger partial charge in [0.25, 0.3) is 0 Å². The van der Waals surface area contributed by atoms with Crippen LogP contribution in [0.5, 0.6) is 5.75 Å². The second kappa shape index (κ2) is 6.89. The van der Waals surface area contributed by atoms with Crippen LogP contribution < -0.4 is 10.1 Å². The van der Waals surface area contributed by atoms with Crippen molar-refractivity contribution in [1.82, 2.24) is 5.32 Å². The first-order valence-electron chi connectivity index (χ1n) is 5.33. The molecule has 0 heterocycles. The van der Waals surface area contributed by atoms with Crippen LogP contribution >= 0.6 is 15.9 Å². The molecule has 0 aromatic heterocycles. The number of halogens is 1. The van der Waals surface area contributed by atoms with E-state index in [2.05, 4.69) is 41.2 Å². The molecule has 0 radical (unpaired) electrons. The molecule has 1 aromatic carbocycles. The molecule has 0 aliphatic carbocycles. The van der Waals surface area contributed by atoms with Crippen LogP contribution in [-0.4, -0.2) is 20.4 Å². The molecule has 90 valence electrons. The van der Waals surface area contributed by atoms with E-state index in [1.807, 2.05) is 12.1 Å². The van der Waals surface area contributed by atoms with E-state index in [4.69, 9.17) is 9.47 Å². The van der Waals surface area contributed by atoms with E-state index in [0.29, 0.717) is 0 Å². The molecule has 1 N–H and O–H groups in total. The van der Waals surface area contributed by atoms with Crippen LogP contribution in [0, 0.1) is 0 Å². The Balaban J connectivity index is 2.88. The topological polar surface area (TPSA) is 30.5 Å². The summed E-state index contributed by atoms with van der Waals surface area (Å²) in [6.45, 7) is 5.40. The normalized spacial score (nSPS) is 12.5. The lowest BCUT2D eigenvalue weighted by Crippen LogP contribution is -2.18. The van der Waals surface area contributed by atoms with Gasteiger partial charge in [-0.05, 0) is 31.7 Å². The van der Waals surface area contributed by atoms with Crippen molar-refractivity contribution in [3.63, 3.8) is 0 Å². The Kier molecular flexibility index (Phi) is 5.80. The summed E-state index contributed by atoms with van der Waals surface area (Å²) in [6.07, 6.45) is 0. The number of ether oxygens (including phenoxy) is 2. The number of benzene rings is 1. The zero-order chi connectivity index (χ0) is 12.0. The van der Waals surface area contributed by atoms with Crippen LogP contribution in [-0.2, 0) is 4.74 Å². The highest BCUT2D eigenvalue weighted by atomic mass is 79.9. The minimum absolute atomic E-state index is 0.259. The maximum atomic E-state index is 5.53. The third kappa shape index (κ3) is 3.77. The monoisotopic (exact) mass is 287 g/mol. The molecule has 0 bridgehead atoms. The molecule has 3 nitrogen and oxygen atoms in total. The number of rotatable bonds is 6. The fraction of sp³-hybridized carbons (Fsp3) is 0.500. The Morgan fingerprint density at radius 1 is 1.44 bits per heavy atom. The molecule has 1 atom stereocenters. The van der Waals surface area contributed by atoms with Crippen molar-refractivity contribution in [2.45, 2.75) is 19.9 Å². The molecule has 0 amide bonds. The number of nitrogens with one attached hydrogen (secondary N) is 1. The van der Waals surface area contributed by atoms with Crippen molar-refractivity contribution in [3.8, 4) is 5.75 Å². The summed E-state index contributed by atoms with van der Waals surface area (Å²) in [4.78, 5) is 0. The summed E-state index contributed by atoms with van der Waals surface area (Å²) in [5, 5.41) is 3.36. The molecule has 0 fully saturated rings. The van der Waals surface area contributed by atoms with Crippen LogP contribution in [0.4, 0.5) is 0 Å². The first-order chi connectivity index (χ1) is 7.69. The Hall–Kier alpha value is -0.580. The highest BCUT2D eigenvalue weighted by Gasteiger charge is 2.11. The van der Waals surface area contributed by atoms with Crippen molar-refractivity contribution < 1.29 is 9.47 Å². The predicted molar refractivity (Wildman–Crippen MR) is 68.7 cm³/mol. The fourth-order valence-electron chi connectivity index (χ4n) is 1.53. The lowest BCUT2D eigenvalue weighted by Gasteiger charge is -2.17. The van der Waals surface area contributed by atoms with Crippen LogP contribution in [0.15, 0.2) is 22.7 Å². The predicted octanol–water partition coefficient (Wildman–Crippen LogP) is 3.10. The van der Waals surface area contributed by atoms with Crippen molar-refractivity contribution in [2.24, 2.45) is 0 Å². The zero-order valence-corrected chi connectivity index (χ0v) is 11.5. The van der Waals surface area contributed by atoms with Gasteiger partial charge in [0.15, 0.2) is 6.79 Å². The Bertz CT molecular complexity index is 331. The molecular weight excluding hydrogens is 270 g/mol. The molecule has 0 aliphatic heterocycles. The number of hydrogen-bond acceptors (Lipinski definition) is 3. The van der Waals surface area contributed by atoms with E-state index in [-0.39, 0.29) is 12.8 Å². The van der Waals surface area contributed by atoms with Crippen LogP contribution in [0.1, 0.15) is 25.5 Å². The largest absolute Gasteiger partial charge is 0.467 e. The van der Waals surface area contributed by atoms with Gasteiger partial charge in [-0.25, -0.2) is 0 Å². The molecule has 0 saturated carbocycles. The SMILES string of the molecule is CCNC(C)c1cc(Br)ccc1OCOC. The number of hydrogen-bond donors (Lipinski definition) is 1. The van der Waals surface area contributed by atoms with E-state index < -0.39 is 0 Å². The minimum Gasteiger partial charge on any atom is -0.467 e. The minimum atomic E-state index is 0.259. The lowest BCUT2D eigenvalue weighted by molar-refractivity contribution is 0.0501. The average molecular weight is 288 g/mol. The molecule has 16 heavy (non-hydrogen) atoms. The van der Waals surface area contributed by atoms with Gasteiger partial charge < -0.3 is 14.8 Å². The highest BCUT2D eigenvalue weighted by molar-refractivity contribution is 9.10. The van der Waals surface area contributed by atoms with Gasteiger partial charge in [-0.3, -0.25) is 0 Å². The molecule has 1 rings (SSSR count). The molecule has 0 aliphatic rings. The van der Waals surface area contributed by atoms with Gasteiger partial charge >= 0.3 is 0 Å². The Morgan fingerprint density at radius 2 is 2.19 bits per heavy atom. The summed E-state index contributed by atoms with van der Waals surface area (Å²) in [7, 11) is 1.62. The highest BCUT2D eigenvalue weighted by Crippen LogP contribution is 2.28. The van der Waals surface area contributed by atoms with Crippen molar-refractivity contribution in [1.29, 1.82) is 0 Å². The fourth-order valence-corrected chi connectivity index (χ4v) is 1.91. The summed E-state index contributed by atoms with van der Waals surface area (Å²) >= 11 is 3.47. The summed E-state index contributed by atoms with van der Waals surface area (Å²) in [5.41, 5.74) is 1.13.